The standard InChI is InChI=1S/C17H25NO3/c1-12(2)18(16(20)21)15(17(3,4)5)14(19)11-13-9-7-6-8-10-13/h6-10,12,15H,11H2,1-5H3,(H,20,21). The molecule has 1 aromatic carbocycles. The maximum absolute atomic E-state index is 12.7. The van der Waals surface area contributed by atoms with E-state index in [2.05, 4.69) is 0 Å². The highest BCUT2D eigenvalue weighted by molar-refractivity contribution is 5.89. The van der Waals surface area contributed by atoms with E-state index < -0.39 is 17.6 Å². The van der Waals surface area contributed by atoms with E-state index >= 15 is 0 Å². The van der Waals surface area contributed by atoms with E-state index in [1.54, 1.807) is 13.8 Å². The minimum Gasteiger partial charge on any atom is -0.465 e. The first-order chi connectivity index (χ1) is 9.64. The van der Waals surface area contributed by atoms with Gasteiger partial charge in [-0.2, -0.15) is 0 Å². The zero-order valence-corrected chi connectivity index (χ0v) is 13.5. The minimum absolute atomic E-state index is 0.0650. The number of carbonyl (C=O) groups excluding carboxylic acids is 1. The summed E-state index contributed by atoms with van der Waals surface area (Å²) in [4.78, 5) is 25.5. The van der Waals surface area contributed by atoms with Gasteiger partial charge in [-0.05, 0) is 24.8 Å². The van der Waals surface area contributed by atoms with Crippen LogP contribution < -0.4 is 0 Å². The highest BCUT2D eigenvalue weighted by Gasteiger charge is 2.39. The van der Waals surface area contributed by atoms with Crippen LogP contribution in [0.5, 0.6) is 0 Å². The Hall–Kier alpha value is -1.84. The molecule has 1 atom stereocenters. The first kappa shape index (κ1) is 17.2. The van der Waals surface area contributed by atoms with Crippen LogP contribution in [0.15, 0.2) is 30.3 Å². The quantitative estimate of drug-likeness (QED) is 0.901. The Kier molecular flexibility index (Phi) is 5.53. The van der Waals surface area contributed by atoms with Gasteiger partial charge < -0.3 is 5.11 Å². The zero-order valence-electron chi connectivity index (χ0n) is 13.5. The van der Waals surface area contributed by atoms with Crippen LogP contribution in [0, 0.1) is 5.41 Å². The number of rotatable bonds is 5. The van der Waals surface area contributed by atoms with Gasteiger partial charge in [0.2, 0.25) is 0 Å². The van der Waals surface area contributed by atoms with Crippen molar-refractivity contribution in [2.75, 3.05) is 0 Å². The van der Waals surface area contributed by atoms with Crippen LogP contribution in [0.1, 0.15) is 40.2 Å². The maximum Gasteiger partial charge on any atom is 0.408 e. The summed E-state index contributed by atoms with van der Waals surface area (Å²) in [5.74, 6) is -0.0650. The van der Waals surface area contributed by atoms with E-state index in [9.17, 15) is 14.7 Å². The van der Waals surface area contributed by atoms with Crippen LogP contribution in [-0.2, 0) is 11.2 Å². The van der Waals surface area contributed by atoms with Crippen molar-refractivity contribution < 1.29 is 14.7 Å². The SMILES string of the molecule is CC(C)N(C(=O)O)C(C(=O)Cc1ccccc1)C(C)(C)C. The molecule has 0 heterocycles. The lowest BCUT2D eigenvalue weighted by molar-refractivity contribution is -0.127. The van der Waals surface area contributed by atoms with E-state index in [0.717, 1.165) is 5.56 Å². The fraction of sp³-hybridized carbons (Fsp3) is 0.529. The molecular weight excluding hydrogens is 266 g/mol. The molecule has 0 saturated carbocycles. The molecule has 1 amide bonds. The summed E-state index contributed by atoms with van der Waals surface area (Å²) in [7, 11) is 0. The normalized spacial score (nSPS) is 13.0. The lowest BCUT2D eigenvalue weighted by Crippen LogP contribution is -2.54. The van der Waals surface area contributed by atoms with Gasteiger partial charge in [0.15, 0.2) is 5.78 Å². The predicted molar refractivity (Wildman–Crippen MR) is 83.4 cm³/mol. The second-order valence-corrected chi connectivity index (χ2v) is 6.68. The molecule has 0 aliphatic rings. The predicted octanol–water partition coefficient (Wildman–Crippen LogP) is 3.60. The molecule has 0 aliphatic heterocycles. The second-order valence-electron chi connectivity index (χ2n) is 6.68. The van der Waals surface area contributed by atoms with Gasteiger partial charge in [0, 0.05) is 12.5 Å². The van der Waals surface area contributed by atoms with Crippen LogP contribution in [0.4, 0.5) is 4.79 Å². The van der Waals surface area contributed by atoms with Crippen molar-refractivity contribution in [1.82, 2.24) is 4.90 Å². The zero-order chi connectivity index (χ0) is 16.2. The molecule has 1 N–H and O–H groups in total. The Balaban J connectivity index is 3.08. The molecule has 1 unspecified atom stereocenters. The van der Waals surface area contributed by atoms with Crippen molar-refractivity contribution in [3.05, 3.63) is 35.9 Å². The molecule has 116 valence electrons. The molecule has 0 aromatic heterocycles. The van der Waals surface area contributed by atoms with Crippen molar-refractivity contribution in [2.45, 2.75) is 53.1 Å². The van der Waals surface area contributed by atoms with Crippen LogP contribution in [0.25, 0.3) is 0 Å². The summed E-state index contributed by atoms with van der Waals surface area (Å²) in [6.45, 7) is 9.29. The Morgan fingerprint density at radius 2 is 1.67 bits per heavy atom. The van der Waals surface area contributed by atoms with E-state index in [4.69, 9.17) is 0 Å². The highest BCUT2D eigenvalue weighted by Crippen LogP contribution is 2.28. The smallest absolute Gasteiger partial charge is 0.408 e. The van der Waals surface area contributed by atoms with Gasteiger partial charge >= 0.3 is 6.09 Å². The number of benzene rings is 1. The molecule has 0 radical (unpaired) electrons. The van der Waals surface area contributed by atoms with Crippen molar-refractivity contribution in [3.63, 3.8) is 0 Å². The van der Waals surface area contributed by atoms with Crippen LogP contribution in [-0.4, -0.2) is 34.0 Å². The first-order valence-corrected chi connectivity index (χ1v) is 7.22. The second kappa shape index (κ2) is 6.74. The Bertz CT molecular complexity index is 489. The maximum atomic E-state index is 12.7. The summed E-state index contributed by atoms with van der Waals surface area (Å²) >= 11 is 0. The Morgan fingerprint density at radius 1 is 1.14 bits per heavy atom. The number of hydrogen-bond acceptors (Lipinski definition) is 2. The lowest BCUT2D eigenvalue weighted by Gasteiger charge is -2.39. The summed E-state index contributed by atoms with van der Waals surface area (Å²) in [6, 6.07) is 8.53. The van der Waals surface area contributed by atoms with Crippen molar-refractivity contribution in [3.8, 4) is 0 Å². The van der Waals surface area contributed by atoms with E-state index in [1.165, 1.54) is 4.90 Å². The fourth-order valence-electron chi connectivity index (χ4n) is 2.58. The molecule has 4 heteroatoms. The largest absolute Gasteiger partial charge is 0.465 e. The average Bonchev–Trinajstić information content (AvgIpc) is 2.34. The average molecular weight is 291 g/mol. The van der Waals surface area contributed by atoms with Crippen LogP contribution >= 0.6 is 0 Å². The monoisotopic (exact) mass is 291 g/mol. The number of carbonyl (C=O) groups is 2. The lowest BCUT2D eigenvalue weighted by atomic mass is 9.81. The number of amides is 1. The minimum atomic E-state index is -1.05. The molecular formula is C17H25NO3. The molecule has 1 aromatic rings. The van der Waals surface area contributed by atoms with E-state index in [-0.39, 0.29) is 18.2 Å². The molecule has 0 bridgehead atoms. The number of hydrogen-bond donors (Lipinski definition) is 1. The van der Waals surface area contributed by atoms with Crippen molar-refractivity contribution in [2.24, 2.45) is 5.41 Å². The topological polar surface area (TPSA) is 57.6 Å². The Morgan fingerprint density at radius 3 is 2.05 bits per heavy atom. The third-order valence-corrected chi connectivity index (χ3v) is 3.40. The van der Waals surface area contributed by atoms with Crippen LogP contribution in [0.3, 0.4) is 0 Å². The molecule has 0 spiro atoms. The van der Waals surface area contributed by atoms with Gasteiger partial charge in [0.25, 0.3) is 0 Å². The number of carboxylic acid groups (broad SMARTS) is 1. The summed E-state index contributed by atoms with van der Waals surface area (Å²) in [6.07, 6.45) is -0.800. The highest BCUT2D eigenvalue weighted by atomic mass is 16.4. The van der Waals surface area contributed by atoms with Gasteiger partial charge in [-0.15, -0.1) is 0 Å². The number of nitrogens with zero attached hydrogens (tertiary/aromatic N) is 1. The van der Waals surface area contributed by atoms with Gasteiger partial charge in [-0.25, -0.2) is 4.79 Å². The molecule has 4 nitrogen and oxygen atoms in total. The molecule has 21 heavy (non-hydrogen) atoms. The molecule has 1 rings (SSSR count). The number of Topliss-reactive ketones (excluding diaryl/α,β-unsaturated/α-hetero) is 1. The Labute approximate surface area is 126 Å². The fourth-order valence-corrected chi connectivity index (χ4v) is 2.58. The van der Waals surface area contributed by atoms with Gasteiger partial charge in [-0.3, -0.25) is 9.69 Å². The van der Waals surface area contributed by atoms with Gasteiger partial charge in [-0.1, -0.05) is 51.1 Å². The third kappa shape index (κ3) is 4.59. The third-order valence-electron chi connectivity index (χ3n) is 3.40. The van der Waals surface area contributed by atoms with E-state index in [0.29, 0.717) is 0 Å². The van der Waals surface area contributed by atoms with Gasteiger partial charge in [0.05, 0.1) is 6.04 Å². The molecule has 0 fully saturated rings. The molecule has 0 aliphatic carbocycles. The summed E-state index contributed by atoms with van der Waals surface area (Å²) in [5.41, 5.74) is 0.458. The summed E-state index contributed by atoms with van der Waals surface area (Å²) < 4.78 is 0. The van der Waals surface area contributed by atoms with Crippen LogP contribution in [0.2, 0.25) is 0 Å². The van der Waals surface area contributed by atoms with Gasteiger partial charge in [0.1, 0.15) is 0 Å². The van der Waals surface area contributed by atoms with Crippen molar-refractivity contribution >= 4 is 11.9 Å². The first-order valence-electron chi connectivity index (χ1n) is 7.22. The molecule has 0 saturated heterocycles. The van der Waals surface area contributed by atoms with E-state index in [1.807, 2.05) is 51.1 Å². The number of ketones is 1. The van der Waals surface area contributed by atoms with Crippen molar-refractivity contribution in [1.29, 1.82) is 0 Å². The summed E-state index contributed by atoms with van der Waals surface area (Å²) in [5, 5.41) is 9.47.